The van der Waals surface area contributed by atoms with Gasteiger partial charge < -0.3 is 26.2 Å². The molecule has 214 valence electrons. The summed E-state index contributed by atoms with van der Waals surface area (Å²) in [5.74, 6) is -1.12. The van der Waals surface area contributed by atoms with Gasteiger partial charge in [-0.3, -0.25) is 19.2 Å². The van der Waals surface area contributed by atoms with Crippen molar-refractivity contribution < 1.29 is 19.2 Å². The van der Waals surface area contributed by atoms with E-state index in [9.17, 15) is 19.2 Å². The van der Waals surface area contributed by atoms with Crippen molar-refractivity contribution in [2.24, 2.45) is 5.73 Å². The van der Waals surface area contributed by atoms with Crippen LogP contribution < -0.4 is 16.4 Å². The lowest BCUT2D eigenvalue weighted by Crippen LogP contribution is -2.56. The van der Waals surface area contributed by atoms with Crippen molar-refractivity contribution >= 4 is 40.9 Å². The molecule has 2 aliphatic heterocycles. The minimum absolute atomic E-state index is 0.0244. The maximum absolute atomic E-state index is 13.6. The van der Waals surface area contributed by atoms with Crippen LogP contribution >= 0.6 is 11.6 Å². The van der Waals surface area contributed by atoms with Crippen molar-refractivity contribution in [2.75, 3.05) is 18.4 Å². The molecule has 2 aromatic carbocycles. The monoisotopic (exact) mass is 567 g/mol. The molecule has 9 nitrogen and oxygen atoms in total. The fourth-order valence-corrected chi connectivity index (χ4v) is 5.60. The second-order valence-electron chi connectivity index (χ2n) is 10.7. The van der Waals surface area contributed by atoms with Crippen molar-refractivity contribution in [2.45, 2.75) is 77.0 Å². The number of amides is 4. The van der Waals surface area contributed by atoms with E-state index in [0.717, 1.165) is 36.1 Å². The number of benzene rings is 2. The third-order valence-electron chi connectivity index (χ3n) is 7.81. The molecule has 0 bridgehead atoms. The highest BCUT2D eigenvalue weighted by Gasteiger charge is 2.36. The lowest BCUT2D eigenvalue weighted by atomic mass is 9.92. The Morgan fingerprint density at radius 1 is 1.05 bits per heavy atom. The number of likely N-dealkylation sites (tertiary alicyclic amines) is 1. The fourth-order valence-electron chi connectivity index (χ4n) is 5.48. The highest BCUT2D eigenvalue weighted by molar-refractivity contribution is 6.31. The molecule has 0 aliphatic carbocycles. The zero-order valence-corrected chi connectivity index (χ0v) is 23.9. The van der Waals surface area contributed by atoms with Gasteiger partial charge >= 0.3 is 0 Å². The summed E-state index contributed by atoms with van der Waals surface area (Å²) < 4.78 is 0. The maximum Gasteiger partial charge on any atom is 0.246 e. The van der Waals surface area contributed by atoms with Crippen LogP contribution in [0.5, 0.6) is 0 Å². The van der Waals surface area contributed by atoms with E-state index in [4.69, 9.17) is 17.3 Å². The molecule has 0 radical (unpaired) electrons. The molecule has 1 fully saturated rings. The Bertz CT molecular complexity index is 1270. The third-order valence-corrected chi connectivity index (χ3v) is 8.24. The van der Waals surface area contributed by atoms with Gasteiger partial charge in [-0.25, -0.2) is 0 Å². The molecule has 0 unspecified atom stereocenters. The summed E-state index contributed by atoms with van der Waals surface area (Å²) in [6.45, 7) is 5.03. The standard InChI is InChI=1S/C30H38ClN5O4/c1-19-16-23(9-10-24(19)31)33-29(39)25(13-14-32)34-30(40)26-17-21-7-3-4-8-22(21)18-36(26)28(38)12-11-27(37)35-15-5-6-20(35)2/h3-4,7-10,16,20,25-26H,5-6,11-15,17-18,32H2,1-2H3,(H,33,39)(H,34,40)/t20-,25-,26-/m0/s1. The summed E-state index contributed by atoms with van der Waals surface area (Å²) in [6, 6.07) is 11.3. The Morgan fingerprint density at radius 3 is 2.40 bits per heavy atom. The summed E-state index contributed by atoms with van der Waals surface area (Å²) in [7, 11) is 0. The normalized spacial score (nSPS) is 19.1. The Kier molecular flexibility index (Phi) is 9.81. The van der Waals surface area contributed by atoms with Crippen molar-refractivity contribution in [3.8, 4) is 0 Å². The lowest BCUT2D eigenvalue weighted by molar-refractivity contribution is -0.144. The second-order valence-corrected chi connectivity index (χ2v) is 11.1. The van der Waals surface area contributed by atoms with Crippen LogP contribution in [-0.4, -0.2) is 64.6 Å². The van der Waals surface area contributed by atoms with E-state index in [1.807, 2.05) is 43.0 Å². The number of fused-ring (bicyclic) bond motifs is 1. The summed E-state index contributed by atoms with van der Waals surface area (Å²) in [5.41, 5.74) is 9.09. The molecule has 3 atom stereocenters. The zero-order valence-electron chi connectivity index (χ0n) is 23.1. The highest BCUT2D eigenvalue weighted by Crippen LogP contribution is 2.26. The first kappa shape index (κ1) is 29.6. The quantitative estimate of drug-likeness (QED) is 0.429. The smallest absolute Gasteiger partial charge is 0.246 e. The van der Waals surface area contributed by atoms with Crippen LogP contribution in [0.25, 0.3) is 0 Å². The first-order valence-electron chi connectivity index (χ1n) is 13.9. The molecule has 0 spiro atoms. The number of aryl methyl sites for hydroxylation is 1. The molecule has 0 saturated carbocycles. The molecular formula is C30H38ClN5O4. The van der Waals surface area contributed by atoms with Gasteiger partial charge in [-0.05, 0) is 74.5 Å². The number of halogens is 1. The molecule has 10 heteroatoms. The number of nitrogens with one attached hydrogen (secondary N) is 2. The Hall–Kier alpha value is -3.43. The van der Waals surface area contributed by atoms with Gasteiger partial charge in [0, 0.05) is 49.1 Å². The topological polar surface area (TPSA) is 125 Å². The van der Waals surface area contributed by atoms with E-state index in [-0.39, 0.29) is 50.2 Å². The van der Waals surface area contributed by atoms with Crippen LogP contribution in [0.4, 0.5) is 5.69 Å². The van der Waals surface area contributed by atoms with Crippen molar-refractivity contribution in [3.05, 3.63) is 64.2 Å². The van der Waals surface area contributed by atoms with Crippen LogP contribution in [0.1, 0.15) is 55.7 Å². The first-order valence-corrected chi connectivity index (χ1v) is 14.3. The molecule has 4 amide bonds. The number of hydrogen-bond acceptors (Lipinski definition) is 5. The number of nitrogens with zero attached hydrogens (tertiary/aromatic N) is 2. The molecule has 4 N–H and O–H groups in total. The van der Waals surface area contributed by atoms with Crippen LogP contribution in [0.2, 0.25) is 5.02 Å². The average Bonchev–Trinajstić information content (AvgIpc) is 3.38. The van der Waals surface area contributed by atoms with E-state index in [1.54, 1.807) is 23.1 Å². The molecule has 1 saturated heterocycles. The number of rotatable bonds is 9. The minimum atomic E-state index is -0.888. The predicted molar refractivity (Wildman–Crippen MR) is 155 cm³/mol. The summed E-state index contributed by atoms with van der Waals surface area (Å²) in [5, 5.41) is 6.25. The van der Waals surface area contributed by atoms with Gasteiger partial charge in [0.15, 0.2) is 0 Å². The number of carbonyl (C=O) groups excluding carboxylic acids is 4. The van der Waals surface area contributed by atoms with Crippen molar-refractivity contribution in [1.29, 1.82) is 0 Å². The molecule has 2 aliphatic rings. The zero-order chi connectivity index (χ0) is 28.8. The summed E-state index contributed by atoms with van der Waals surface area (Å²) in [6.07, 6.45) is 2.62. The van der Waals surface area contributed by atoms with E-state index < -0.39 is 23.9 Å². The van der Waals surface area contributed by atoms with Gasteiger partial charge in [-0.1, -0.05) is 35.9 Å². The molecule has 0 aromatic heterocycles. The Labute approximate surface area is 240 Å². The molecule has 2 heterocycles. The Morgan fingerprint density at radius 2 is 1.75 bits per heavy atom. The Balaban J connectivity index is 1.47. The van der Waals surface area contributed by atoms with Crippen LogP contribution in [0.3, 0.4) is 0 Å². The van der Waals surface area contributed by atoms with Crippen LogP contribution in [0.15, 0.2) is 42.5 Å². The largest absolute Gasteiger partial charge is 0.342 e. The van der Waals surface area contributed by atoms with Gasteiger partial charge in [0.05, 0.1) is 0 Å². The molecule has 4 rings (SSSR count). The van der Waals surface area contributed by atoms with Crippen LogP contribution in [-0.2, 0) is 32.1 Å². The fraction of sp³-hybridized carbons (Fsp3) is 0.467. The predicted octanol–water partition coefficient (Wildman–Crippen LogP) is 3.17. The van der Waals surface area contributed by atoms with Crippen molar-refractivity contribution in [3.63, 3.8) is 0 Å². The van der Waals surface area contributed by atoms with Gasteiger partial charge in [0.2, 0.25) is 23.6 Å². The second kappa shape index (κ2) is 13.3. The number of carbonyl (C=O) groups is 4. The lowest BCUT2D eigenvalue weighted by Gasteiger charge is -2.37. The number of hydrogen-bond donors (Lipinski definition) is 3. The summed E-state index contributed by atoms with van der Waals surface area (Å²) in [4.78, 5) is 56.3. The van der Waals surface area contributed by atoms with Gasteiger partial charge in [0.1, 0.15) is 12.1 Å². The van der Waals surface area contributed by atoms with Gasteiger partial charge in [0.25, 0.3) is 0 Å². The molecule has 40 heavy (non-hydrogen) atoms. The average molecular weight is 568 g/mol. The van der Waals surface area contributed by atoms with E-state index in [1.165, 1.54) is 0 Å². The SMILES string of the molecule is Cc1cc(NC(=O)[C@H](CCN)NC(=O)[C@@H]2Cc3ccccc3CN2C(=O)CCC(=O)N2CCC[C@@H]2C)ccc1Cl. The van der Waals surface area contributed by atoms with Crippen molar-refractivity contribution in [1.82, 2.24) is 15.1 Å². The van der Waals surface area contributed by atoms with E-state index >= 15 is 0 Å². The molecule has 2 aromatic rings. The van der Waals surface area contributed by atoms with Gasteiger partial charge in [-0.2, -0.15) is 0 Å². The number of anilines is 1. The van der Waals surface area contributed by atoms with Crippen LogP contribution in [0, 0.1) is 6.92 Å². The van der Waals surface area contributed by atoms with E-state index in [0.29, 0.717) is 17.1 Å². The number of nitrogens with two attached hydrogens (primary N) is 1. The highest BCUT2D eigenvalue weighted by atomic mass is 35.5. The maximum atomic E-state index is 13.6. The molecular weight excluding hydrogens is 530 g/mol. The first-order chi connectivity index (χ1) is 19.2. The third kappa shape index (κ3) is 7.01. The minimum Gasteiger partial charge on any atom is -0.342 e. The van der Waals surface area contributed by atoms with Gasteiger partial charge in [-0.15, -0.1) is 0 Å². The summed E-state index contributed by atoms with van der Waals surface area (Å²) >= 11 is 6.10. The van der Waals surface area contributed by atoms with E-state index in [2.05, 4.69) is 10.6 Å².